The van der Waals surface area contributed by atoms with Gasteiger partial charge in [-0.05, 0) is 19.3 Å². The highest BCUT2D eigenvalue weighted by Gasteiger charge is 2.41. The number of aliphatic hydroxyl groups excluding tert-OH is 1. The van der Waals surface area contributed by atoms with Crippen LogP contribution in [0.15, 0.2) is 0 Å². The van der Waals surface area contributed by atoms with Gasteiger partial charge < -0.3 is 10.4 Å². The van der Waals surface area contributed by atoms with Gasteiger partial charge in [0.05, 0.1) is 6.61 Å². The van der Waals surface area contributed by atoms with Crippen molar-refractivity contribution in [2.75, 3.05) is 6.61 Å². The fourth-order valence-electron chi connectivity index (χ4n) is 1.42. The lowest BCUT2D eigenvalue weighted by Gasteiger charge is -2.31. The number of nitrogens with one attached hydrogen (secondary N) is 1. The summed E-state index contributed by atoms with van der Waals surface area (Å²) in [4.78, 5) is 0. The highest BCUT2D eigenvalue weighted by molar-refractivity contribution is 4.84. The zero-order valence-corrected chi connectivity index (χ0v) is 6.56. The van der Waals surface area contributed by atoms with Gasteiger partial charge in [-0.25, -0.2) is 0 Å². The monoisotopic (exact) mass is 183 g/mol. The smallest absolute Gasteiger partial charge is 0.395 e. The van der Waals surface area contributed by atoms with E-state index < -0.39 is 12.2 Å². The van der Waals surface area contributed by atoms with Gasteiger partial charge in [0.25, 0.3) is 0 Å². The van der Waals surface area contributed by atoms with E-state index in [4.69, 9.17) is 5.11 Å². The van der Waals surface area contributed by atoms with E-state index >= 15 is 0 Å². The van der Waals surface area contributed by atoms with Crippen LogP contribution in [-0.2, 0) is 0 Å². The van der Waals surface area contributed by atoms with E-state index in [2.05, 4.69) is 5.32 Å². The Labute approximate surface area is 68.8 Å². The molecule has 0 radical (unpaired) electrons. The lowest BCUT2D eigenvalue weighted by atomic mass is 9.99. The number of rotatable bonds is 1. The van der Waals surface area contributed by atoms with Gasteiger partial charge in [0.2, 0.25) is 0 Å². The molecule has 0 amide bonds. The molecule has 1 fully saturated rings. The minimum absolute atomic E-state index is 0.125. The first-order chi connectivity index (χ1) is 5.54. The van der Waals surface area contributed by atoms with E-state index in [1.807, 2.05) is 0 Å². The predicted molar refractivity (Wildman–Crippen MR) is 37.7 cm³/mol. The van der Waals surface area contributed by atoms with Crippen molar-refractivity contribution in [3.05, 3.63) is 0 Å². The Hall–Kier alpha value is -0.290. The molecule has 1 aliphatic heterocycles. The standard InChI is InChI=1S/C7H12F3NO/c8-7(9,10)6-3-1-2-5(4-12)11-6/h5-6,11-12H,1-4H2. The normalized spacial score (nSPS) is 32.0. The van der Waals surface area contributed by atoms with Gasteiger partial charge >= 0.3 is 6.18 Å². The van der Waals surface area contributed by atoms with Gasteiger partial charge in [-0.1, -0.05) is 0 Å². The molecular formula is C7H12F3NO. The fourth-order valence-corrected chi connectivity index (χ4v) is 1.42. The van der Waals surface area contributed by atoms with Crippen molar-refractivity contribution in [1.29, 1.82) is 0 Å². The van der Waals surface area contributed by atoms with Crippen LogP contribution in [-0.4, -0.2) is 30.0 Å². The van der Waals surface area contributed by atoms with Crippen LogP contribution in [0.2, 0.25) is 0 Å². The Morgan fingerprint density at radius 1 is 1.33 bits per heavy atom. The summed E-state index contributed by atoms with van der Waals surface area (Å²) in [5, 5.41) is 11.0. The van der Waals surface area contributed by atoms with Crippen LogP contribution in [0.3, 0.4) is 0 Å². The van der Waals surface area contributed by atoms with Crippen LogP contribution in [0.5, 0.6) is 0 Å². The van der Waals surface area contributed by atoms with Gasteiger partial charge in [0.1, 0.15) is 6.04 Å². The van der Waals surface area contributed by atoms with Crippen molar-refractivity contribution < 1.29 is 18.3 Å². The third-order valence-corrected chi connectivity index (χ3v) is 2.10. The summed E-state index contributed by atoms with van der Waals surface area (Å²) >= 11 is 0. The second-order valence-electron chi connectivity index (χ2n) is 3.07. The fraction of sp³-hybridized carbons (Fsp3) is 1.00. The first-order valence-electron chi connectivity index (χ1n) is 3.97. The molecule has 2 nitrogen and oxygen atoms in total. The molecule has 2 atom stereocenters. The second-order valence-corrected chi connectivity index (χ2v) is 3.07. The number of aliphatic hydroxyl groups is 1. The molecule has 0 aromatic rings. The number of halogens is 3. The molecule has 2 N–H and O–H groups in total. The summed E-state index contributed by atoms with van der Waals surface area (Å²) < 4.78 is 36.3. The molecule has 1 rings (SSSR count). The predicted octanol–water partition coefficient (Wildman–Crippen LogP) is 1.05. The number of alkyl halides is 3. The minimum atomic E-state index is -4.17. The molecule has 0 aliphatic carbocycles. The highest BCUT2D eigenvalue weighted by Crippen LogP contribution is 2.27. The summed E-state index contributed by atoms with van der Waals surface area (Å²) in [5.74, 6) is 0. The van der Waals surface area contributed by atoms with E-state index in [0.29, 0.717) is 12.8 Å². The maximum atomic E-state index is 12.1. The zero-order chi connectivity index (χ0) is 9.19. The summed E-state index contributed by atoms with van der Waals surface area (Å²) in [6, 6.07) is -1.81. The van der Waals surface area contributed by atoms with E-state index in [1.165, 1.54) is 0 Å². The molecule has 0 bridgehead atoms. The topological polar surface area (TPSA) is 32.3 Å². The highest BCUT2D eigenvalue weighted by atomic mass is 19.4. The molecule has 12 heavy (non-hydrogen) atoms. The van der Waals surface area contributed by atoms with Crippen molar-refractivity contribution >= 4 is 0 Å². The van der Waals surface area contributed by atoms with Gasteiger partial charge in [0, 0.05) is 6.04 Å². The lowest BCUT2D eigenvalue weighted by molar-refractivity contribution is -0.163. The third kappa shape index (κ3) is 2.35. The molecule has 5 heteroatoms. The molecule has 0 aromatic heterocycles. The van der Waals surface area contributed by atoms with Gasteiger partial charge in [0.15, 0.2) is 0 Å². The Bertz CT molecular complexity index is 148. The summed E-state index contributed by atoms with van der Waals surface area (Å²) in [7, 11) is 0. The average molecular weight is 183 g/mol. The first-order valence-corrected chi connectivity index (χ1v) is 3.97. The van der Waals surface area contributed by atoms with Crippen LogP contribution >= 0.6 is 0 Å². The molecule has 2 unspecified atom stereocenters. The first kappa shape index (κ1) is 9.80. The van der Waals surface area contributed by atoms with E-state index in [9.17, 15) is 13.2 Å². The van der Waals surface area contributed by atoms with Crippen LogP contribution < -0.4 is 5.32 Å². The Kier molecular flexibility index (Phi) is 2.95. The maximum Gasteiger partial charge on any atom is 0.403 e. The molecule has 72 valence electrons. The second kappa shape index (κ2) is 3.62. The number of hydrogen-bond donors (Lipinski definition) is 2. The summed E-state index contributed by atoms with van der Waals surface area (Å²) in [6.45, 7) is -0.216. The van der Waals surface area contributed by atoms with Crippen LogP contribution in [0, 0.1) is 0 Å². The summed E-state index contributed by atoms with van der Waals surface area (Å²) in [6.07, 6.45) is -2.89. The van der Waals surface area contributed by atoms with Gasteiger partial charge in [-0.3, -0.25) is 0 Å². The van der Waals surface area contributed by atoms with E-state index in [1.54, 1.807) is 0 Å². The number of piperidine rings is 1. The van der Waals surface area contributed by atoms with Crippen molar-refractivity contribution in [2.45, 2.75) is 37.5 Å². The molecule has 0 saturated carbocycles. The van der Waals surface area contributed by atoms with Crippen molar-refractivity contribution in [3.63, 3.8) is 0 Å². The molecule has 1 aliphatic rings. The van der Waals surface area contributed by atoms with Crippen LogP contribution in [0.25, 0.3) is 0 Å². The molecule has 0 aromatic carbocycles. The third-order valence-electron chi connectivity index (χ3n) is 2.10. The van der Waals surface area contributed by atoms with E-state index in [0.717, 1.165) is 0 Å². The Morgan fingerprint density at radius 2 is 2.00 bits per heavy atom. The summed E-state index contributed by atoms with van der Waals surface area (Å²) in [5.41, 5.74) is 0. The molecule has 1 heterocycles. The van der Waals surface area contributed by atoms with Crippen molar-refractivity contribution in [1.82, 2.24) is 5.32 Å². The van der Waals surface area contributed by atoms with Crippen LogP contribution in [0.1, 0.15) is 19.3 Å². The maximum absolute atomic E-state index is 12.1. The zero-order valence-electron chi connectivity index (χ0n) is 6.56. The Balaban J connectivity index is 2.46. The lowest BCUT2D eigenvalue weighted by Crippen LogP contribution is -2.51. The Morgan fingerprint density at radius 3 is 2.50 bits per heavy atom. The van der Waals surface area contributed by atoms with Crippen molar-refractivity contribution in [3.8, 4) is 0 Å². The largest absolute Gasteiger partial charge is 0.403 e. The van der Waals surface area contributed by atoms with E-state index in [-0.39, 0.29) is 19.1 Å². The quantitative estimate of drug-likeness (QED) is 0.637. The SMILES string of the molecule is OCC1CCCC(C(F)(F)F)N1. The minimum Gasteiger partial charge on any atom is -0.395 e. The number of hydrogen-bond acceptors (Lipinski definition) is 2. The van der Waals surface area contributed by atoms with Crippen molar-refractivity contribution in [2.24, 2.45) is 0 Å². The molecule has 1 saturated heterocycles. The van der Waals surface area contributed by atoms with Crippen LogP contribution in [0.4, 0.5) is 13.2 Å². The molecule has 0 spiro atoms. The van der Waals surface area contributed by atoms with Gasteiger partial charge in [-0.15, -0.1) is 0 Å². The van der Waals surface area contributed by atoms with Gasteiger partial charge in [-0.2, -0.15) is 13.2 Å². The average Bonchev–Trinajstić information content (AvgIpc) is 2.03. The molecular weight excluding hydrogens is 171 g/mol.